The highest BCUT2D eigenvalue weighted by Gasteiger charge is 2.26. The molecule has 6 heteroatoms. The number of nitrogens with one attached hydrogen (secondary N) is 1. The molecule has 0 spiro atoms. The third-order valence-corrected chi connectivity index (χ3v) is 3.76. The highest BCUT2D eigenvalue weighted by atomic mass is 16.4. The fourth-order valence-corrected chi connectivity index (χ4v) is 2.48. The summed E-state index contributed by atoms with van der Waals surface area (Å²) in [6.45, 7) is 0. The maximum absolute atomic E-state index is 12.0. The van der Waals surface area contributed by atoms with Crippen molar-refractivity contribution in [2.24, 2.45) is 13.0 Å². The predicted molar refractivity (Wildman–Crippen MR) is 72.5 cm³/mol. The molecule has 0 radical (unpaired) electrons. The summed E-state index contributed by atoms with van der Waals surface area (Å²) in [4.78, 5) is 34.2. The molecule has 2 N–H and O–H groups in total. The molecule has 1 aromatic heterocycles. The smallest absolute Gasteiger partial charge is 0.306 e. The van der Waals surface area contributed by atoms with Gasteiger partial charge in [0.1, 0.15) is 0 Å². The van der Waals surface area contributed by atoms with Gasteiger partial charge in [-0.05, 0) is 31.7 Å². The lowest BCUT2D eigenvalue weighted by molar-refractivity contribution is -0.142. The van der Waals surface area contributed by atoms with Crippen molar-refractivity contribution >= 4 is 11.9 Å². The van der Waals surface area contributed by atoms with Gasteiger partial charge >= 0.3 is 5.97 Å². The number of hydrogen-bond donors (Lipinski definition) is 2. The minimum absolute atomic E-state index is 0.00957. The maximum atomic E-state index is 12.0. The van der Waals surface area contributed by atoms with E-state index in [1.165, 1.54) is 22.9 Å². The molecule has 0 atom stereocenters. The van der Waals surface area contributed by atoms with Gasteiger partial charge < -0.3 is 15.0 Å². The second-order valence-corrected chi connectivity index (χ2v) is 5.23. The van der Waals surface area contributed by atoms with E-state index in [0.29, 0.717) is 31.2 Å². The number of carbonyl (C=O) groups is 2. The normalized spacial score (nSPS) is 22.2. The van der Waals surface area contributed by atoms with Gasteiger partial charge in [-0.1, -0.05) is 0 Å². The number of hydrogen-bond acceptors (Lipinski definition) is 3. The highest BCUT2D eigenvalue weighted by Crippen LogP contribution is 2.24. The summed E-state index contributed by atoms with van der Waals surface area (Å²) in [5, 5.41) is 11.8. The van der Waals surface area contributed by atoms with Gasteiger partial charge in [0.15, 0.2) is 0 Å². The van der Waals surface area contributed by atoms with E-state index < -0.39 is 5.97 Å². The Morgan fingerprint density at radius 1 is 1.25 bits per heavy atom. The largest absolute Gasteiger partial charge is 0.481 e. The SMILES string of the molecule is Cn1cc(C(=O)NC2CCC(C(=O)O)CC2)ccc1=O. The third-order valence-electron chi connectivity index (χ3n) is 3.76. The maximum Gasteiger partial charge on any atom is 0.306 e. The van der Waals surface area contributed by atoms with Crippen LogP contribution in [-0.4, -0.2) is 27.6 Å². The zero-order valence-corrected chi connectivity index (χ0v) is 11.3. The Balaban J connectivity index is 1.94. The number of carbonyl (C=O) groups excluding carboxylic acids is 1. The first-order chi connectivity index (χ1) is 9.47. The van der Waals surface area contributed by atoms with E-state index in [1.807, 2.05) is 0 Å². The van der Waals surface area contributed by atoms with Crippen molar-refractivity contribution in [3.8, 4) is 0 Å². The van der Waals surface area contributed by atoms with E-state index in [2.05, 4.69) is 5.32 Å². The molecule has 0 bridgehead atoms. The van der Waals surface area contributed by atoms with Crippen LogP contribution in [0.1, 0.15) is 36.0 Å². The summed E-state index contributed by atoms with van der Waals surface area (Å²) in [6, 6.07) is 2.87. The van der Waals surface area contributed by atoms with Crippen LogP contribution in [0.25, 0.3) is 0 Å². The molecule has 6 nitrogen and oxygen atoms in total. The lowest BCUT2D eigenvalue weighted by Gasteiger charge is -2.26. The van der Waals surface area contributed by atoms with E-state index >= 15 is 0 Å². The predicted octanol–water partition coefficient (Wildman–Crippen LogP) is 0.758. The lowest BCUT2D eigenvalue weighted by atomic mass is 9.86. The van der Waals surface area contributed by atoms with Gasteiger partial charge in [-0.15, -0.1) is 0 Å². The molecule has 1 fully saturated rings. The molecule has 0 aliphatic heterocycles. The van der Waals surface area contributed by atoms with Crippen LogP contribution >= 0.6 is 0 Å². The van der Waals surface area contributed by atoms with Gasteiger partial charge in [-0.2, -0.15) is 0 Å². The molecule has 0 aromatic carbocycles. The van der Waals surface area contributed by atoms with Crippen molar-refractivity contribution in [1.82, 2.24) is 9.88 Å². The second kappa shape index (κ2) is 5.90. The minimum Gasteiger partial charge on any atom is -0.481 e. The average molecular weight is 278 g/mol. The fourth-order valence-electron chi connectivity index (χ4n) is 2.48. The lowest BCUT2D eigenvalue weighted by Crippen LogP contribution is -2.39. The van der Waals surface area contributed by atoms with Crippen LogP contribution in [0.4, 0.5) is 0 Å². The Hall–Kier alpha value is -2.11. The van der Waals surface area contributed by atoms with Crippen LogP contribution < -0.4 is 10.9 Å². The van der Waals surface area contributed by atoms with Gasteiger partial charge in [-0.25, -0.2) is 0 Å². The Morgan fingerprint density at radius 2 is 1.90 bits per heavy atom. The zero-order valence-electron chi connectivity index (χ0n) is 11.3. The summed E-state index contributed by atoms with van der Waals surface area (Å²) in [6.07, 6.45) is 4.03. The van der Waals surface area contributed by atoms with Crippen LogP contribution in [0, 0.1) is 5.92 Å². The van der Waals surface area contributed by atoms with Gasteiger partial charge in [0.2, 0.25) is 5.56 Å². The number of nitrogens with zero attached hydrogens (tertiary/aromatic N) is 1. The first kappa shape index (κ1) is 14.3. The summed E-state index contributed by atoms with van der Waals surface area (Å²) < 4.78 is 1.36. The number of aryl methyl sites for hydroxylation is 1. The molecule has 1 heterocycles. The Kier molecular flexibility index (Phi) is 4.22. The van der Waals surface area contributed by atoms with Crippen molar-refractivity contribution in [3.63, 3.8) is 0 Å². The van der Waals surface area contributed by atoms with Gasteiger partial charge in [-0.3, -0.25) is 14.4 Å². The number of pyridine rings is 1. The summed E-state index contributed by atoms with van der Waals surface area (Å²) >= 11 is 0. The van der Waals surface area contributed by atoms with E-state index in [1.54, 1.807) is 7.05 Å². The van der Waals surface area contributed by atoms with Crippen molar-refractivity contribution in [2.45, 2.75) is 31.7 Å². The quantitative estimate of drug-likeness (QED) is 0.854. The molecule has 0 saturated heterocycles. The molecule has 1 saturated carbocycles. The van der Waals surface area contributed by atoms with Crippen molar-refractivity contribution in [3.05, 3.63) is 34.2 Å². The molecule has 1 amide bonds. The summed E-state index contributed by atoms with van der Waals surface area (Å²) in [5.74, 6) is -1.27. The molecule has 1 aliphatic carbocycles. The van der Waals surface area contributed by atoms with Crippen LogP contribution in [0.5, 0.6) is 0 Å². The fraction of sp³-hybridized carbons (Fsp3) is 0.500. The third kappa shape index (κ3) is 3.26. The highest BCUT2D eigenvalue weighted by molar-refractivity contribution is 5.94. The van der Waals surface area contributed by atoms with E-state index in [0.717, 1.165) is 0 Å². The van der Waals surface area contributed by atoms with Crippen molar-refractivity contribution < 1.29 is 14.7 Å². The molecule has 108 valence electrons. The van der Waals surface area contributed by atoms with E-state index in [4.69, 9.17) is 5.11 Å². The van der Waals surface area contributed by atoms with E-state index in [-0.39, 0.29) is 23.4 Å². The molecule has 2 rings (SSSR count). The van der Waals surface area contributed by atoms with Gasteiger partial charge in [0.25, 0.3) is 5.91 Å². The minimum atomic E-state index is -0.757. The zero-order chi connectivity index (χ0) is 14.7. The van der Waals surface area contributed by atoms with Crippen LogP contribution in [0.2, 0.25) is 0 Å². The van der Waals surface area contributed by atoms with Crippen molar-refractivity contribution in [1.29, 1.82) is 0 Å². The number of carboxylic acid groups (broad SMARTS) is 1. The number of amides is 1. The van der Waals surface area contributed by atoms with Gasteiger partial charge in [0.05, 0.1) is 11.5 Å². The number of rotatable bonds is 3. The molecule has 20 heavy (non-hydrogen) atoms. The van der Waals surface area contributed by atoms with Gasteiger partial charge in [0, 0.05) is 25.4 Å². The van der Waals surface area contributed by atoms with Crippen molar-refractivity contribution in [2.75, 3.05) is 0 Å². The molecular weight excluding hydrogens is 260 g/mol. The van der Waals surface area contributed by atoms with Crippen LogP contribution in [-0.2, 0) is 11.8 Å². The monoisotopic (exact) mass is 278 g/mol. The standard InChI is InChI=1S/C14H18N2O4/c1-16-8-10(4-7-12(16)17)13(18)15-11-5-2-9(3-6-11)14(19)20/h4,7-9,11H,2-3,5-6H2,1H3,(H,15,18)(H,19,20). The molecule has 0 unspecified atom stereocenters. The molecule has 1 aliphatic rings. The number of aromatic nitrogens is 1. The second-order valence-electron chi connectivity index (χ2n) is 5.23. The number of aliphatic carboxylic acids is 1. The summed E-state index contributed by atoms with van der Waals surface area (Å²) in [5.41, 5.74) is 0.274. The Morgan fingerprint density at radius 3 is 2.45 bits per heavy atom. The molecular formula is C14H18N2O4. The Bertz CT molecular complexity index is 571. The number of carboxylic acids is 1. The first-order valence-corrected chi connectivity index (χ1v) is 6.67. The summed E-state index contributed by atoms with van der Waals surface area (Å²) in [7, 11) is 1.59. The molecule has 1 aromatic rings. The topological polar surface area (TPSA) is 88.4 Å². The van der Waals surface area contributed by atoms with Crippen LogP contribution in [0.15, 0.2) is 23.1 Å². The first-order valence-electron chi connectivity index (χ1n) is 6.67. The Labute approximate surface area is 116 Å². The van der Waals surface area contributed by atoms with E-state index in [9.17, 15) is 14.4 Å². The average Bonchev–Trinajstić information content (AvgIpc) is 2.42. The van der Waals surface area contributed by atoms with Crippen LogP contribution in [0.3, 0.4) is 0 Å².